The number of primary amides is 1. The number of carbonyl (C=O) groups is 1. The molecule has 1 aromatic rings. The first-order valence-electron chi connectivity index (χ1n) is 2.80. The van der Waals surface area contributed by atoms with Gasteiger partial charge in [-0.1, -0.05) is 0 Å². The Kier molecular flexibility index (Phi) is 2.02. The van der Waals surface area contributed by atoms with Crippen LogP contribution >= 0.6 is 0 Å². The number of amides is 1. The van der Waals surface area contributed by atoms with E-state index in [2.05, 4.69) is 20.4 Å². The molecule has 11 heavy (non-hydrogen) atoms. The molecule has 0 radical (unpaired) electrons. The van der Waals surface area contributed by atoms with Gasteiger partial charge in [-0.05, 0) is 0 Å². The summed E-state index contributed by atoms with van der Waals surface area (Å²) in [6.45, 7) is 0.138. The molecular weight excluding hydrogens is 148 g/mol. The van der Waals surface area contributed by atoms with Crippen LogP contribution in [0.15, 0.2) is 0 Å². The average Bonchev–Trinajstić information content (AvgIpc) is 2.05. The van der Waals surface area contributed by atoms with Gasteiger partial charge in [0, 0.05) is 0 Å². The fraction of sp³-hybridized carbons (Fsp3) is 0.250. The summed E-state index contributed by atoms with van der Waals surface area (Å²) in [5.74, 6) is -0.689. The molecule has 7 nitrogen and oxygen atoms in total. The fourth-order valence-corrected chi connectivity index (χ4v) is 0.430. The number of hydrogen-bond donors (Lipinski definition) is 2. The minimum absolute atomic E-state index is 0.138. The second kappa shape index (κ2) is 2.97. The maximum Gasteiger partial charge on any atom is 0.290 e. The maximum atomic E-state index is 10.4. The molecule has 0 fully saturated rings. The highest BCUT2D eigenvalue weighted by atomic mass is 16.1. The van der Waals surface area contributed by atoms with Crippen LogP contribution in [0.4, 0.5) is 0 Å². The summed E-state index contributed by atoms with van der Waals surface area (Å²) in [5, 5.41) is 13.7. The van der Waals surface area contributed by atoms with Crippen molar-refractivity contribution in [2.24, 2.45) is 11.5 Å². The van der Waals surface area contributed by atoms with E-state index in [1.165, 1.54) is 0 Å². The van der Waals surface area contributed by atoms with Crippen LogP contribution in [0.3, 0.4) is 0 Å². The molecule has 1 heterocycles. The van der Waals surface area contributed by atoms with Gasteiger partial charge in [0.25, 0.3) is 11.7 Å². The average molecular weight is 154 g/mol. The first kappa shape index (κ1) is 7.48. The number of hydrogen-bond acceptors (Lipinski definition) is 6. The van der Waals surface area contributed by atoms with Crippen LogP contribution in [-0.2, 0) is 6.54 Å². The first-order chi connectivity index (χ1) is 5.24. The maximum absolute atomic E-state index is 10.4. The molecular formula is C4H6N6O. The lowest BCUT2D eigenvalue weighted by Gasteiger charge is -1.91. The molecule has 0 spiro atoms. The van der Waals surface area contributed by atoms with Crippen molar-refractivity contribution in [2.75, 3.05) is 0 Å². The van der Waals surface area contributed by atoms with Crippen molar-refractivity contribution in [2.45, 2.75) is 6.54 Å². The summed E-state index contributed by atoms with van der Waals surface area (Å²) in [7, 11) is 0. The van der Waals surface area contributed by atoms with Gasteiger partial charge >= 0.3 is 0 Å². The number of nitrogens with two attached hydrogens (primary N) is 2. The van der Waals surface area contributed by atoms with Gasteiger partial charge in [0.2, 0.25) is 0 Å². The van der Waals surface area contributed by atoms with Crippen molar-refractivity contribution < 1.29 is 4.79 Å². The number of aromatic nitrogens is 4. The first-order valence-corrected chi connectivity index (χ1v) is 2.80. The predicted molar refractivity (Wildman–Crippen MR) is 34.0 cm³/mol. The van der Waals surface area contributed by atoms with E-state index in [1.807, 2.05) is 0 Å². The third kappa shape index (κ3) is 1.64. The van der Waals surface area contributed by atoms with E-state index >= 15 is 0 Å². The summed E-state index contributed by atoms with van der Waals surface area (Å²) in [5.41, 5.74) is 9.98. The summed E-state index contributed by atoms with van der Waals surface area (Å²) in [6, 6.07) is 0. The van der Waals surface area contributed by atoms with Crippen molar-refractivity contribution in [3.05, 3.63) is 11.6 Å². The lowest BCUT2D eigenvalue weighted by Crippen LogP contribution is -2.18. The number of nitrogens with zero attached hydrogens (tertiary/aromatic N) is 4. The van der Waals surface area contributed by atoms with Crippen LogP contribution in [0, 0.1) is 0 Å². The van der Waals surface area contributed by atoms with E-state index in [1.54, 1.807) is 0 Å². The predicted octanol–water partition coefficient (Wildman–Crippen LogP) is -2.18. The van der Waals surface area contributed by atoms with Gasteiger partial charge in [-0.25, -0.2) is 0 Å². The molecule has 7 heteroatoms. The largest absolute Gasteiger partial charge is 0.363 e. The zero-order chi connectivity index (χ0) is 8.27. The second-order valence-electron chi connectivity index (χ2n) is 1.71. The third-order valence-corrected chi connectivity index (χ3v) is 0.923. The van der Waals surface area contributed by atoms with Crippen LogP contribution < -0.4 is 11.5 Å². The Morgan fingerprint density at radius 1 is 1.27 bits per heavy atom. The lowest BCUT2D eigenvalue weighted by atomic mass is 10.6. The van der Waals surface area contributed by atoms with Crippen molar-refractivity contribution in [3.8, 4) is 0 Å². The van der Waals surface area contributed by atoms with Crippen molar-refractivity contribution >= 4 is 5.91 Å². The van der Waals surface area contributed by atoms with Crippen LogP contribution in [0.25, 0.3) is 0 Å². The molecule has 0 aliphatic carbocycles. The topological polar surface area (TPSA) is 121 Å². The van der Waals surface area contributed by atoms with Gasteiger partial charge in [0.15, 0.2) is 5.82 Å². The fourth-order valence-electron chi connectivity index (χ4n) is 0.430. The molecule has 0 aliphatic rings. The third-order valence-electron chi connectivity index (χ3n) is 0.923. The lowest BCUT2D eigenvalue weighted by molar-refractivity contribution is 0.0987. The molecule has 0 aliphatic heterocycles. The number of carbonyl (C=O) groups excluding carboxylic acids is 1. The Bertz CT molecular complexity index is 256. The zero-order valence-corrected chi connectivity index (χ0v) is 5.56. The Hall–Kier alpha value is -1.63. The molecule has 1 aromatic heterocycles. The van der Waals surface area contributed by atoms with Gasteiger partial charge in [-0.2, -0.15) is 0 Å². The van der Waals surface area contributed by atoms with Crippen molar-refractivity contribution in [3.63, 3.8) is 0 Å². The van der Waals surface area contributed by atoms with Crippen LogP contribution in [0.5, 0.6) is 0 Å². The normalized spacial score (nSPS) is 9.55. The highest BCUT2D eigenvalue weighted by molar-refractivity contribution is 5.88. The number of rotatable bonds is 2. The standard InChI is InChI=1S/C4H6N6O/c5-1-2-7-9-4(3(6)11)10-8-2/h1,5H2,(H2,6,11). The molecule has 58 valence electrons. The molecule has 1 amide bonds. The van der Waals surface area contributed by atoms with Crippen LogP contribution in [0.1, 0.15) is 16.4 Å². The van der Waals surface area contributed by atoms with E-state index in [-0.39, 0.29) is 18.2 Å². The second-order valence-corrected chi connectivity index (χ2v) is 1.71. The summed E-state index contributed by atoms with van der Waals surface area (Å²) < 4.78 is 0. The molecule has 1 rings (SSSR count). The summed E-state index contributed by atoms with van der Waals surface area (Å²) >= 11 is 0. The van der Waals surface area contributed by atoms with Crippen LogP contribution in [-0.4, -0.2) is 26.3 Å². The van der Waals surface area contributed by atoms with Gasteiger partial charge in [-0.15, -0.1) is 20.4 Å². The molecule has 0 unspecified atom stereocenters. The van der Waals surface area contributed by atoms with E-state index in [0.717, 1.165) is 0 Å². The molecule has 0 bridgehead atoms. The molecule has 0 saturated heterocycles. The van der Waals surface area contributed by atoms with Crippen LogP contribution in [0.2, 0.25) is 0 Å². The summed E-state index contributed by atoms with van der Waals surface area (Å²) in [4.78, 5) is 10.4. The SMILES string of the molecule is NCc1nnc(C(N)=O)nn1. The molecule has 0 saturated carbocycles. The van der Waals surface area contributed by atoms with Crippen molar-refractivity contribution in [1.82, 2.24) is 20.4 Å². The summed E-state index contributed by atoms with van der Waals surface area (Å²) in [6.07, 6.45) is 0. The Balaban J connectivity index is 2.91. The van der Waals surface area contributed by atoms with Gasteiger partial charge in [0.1, 0.15) is 0 Å². The van der Waals surface area contributed by atoms with E-state index in [0.29, 0.717) is 0 Å². The van der Waals surface area contributed by atoms with E-state index in [4.69, 9.17) is 11.5 Å². The molecule has 4 N–H and O–H groups in total. The Morgan fingerprint density at radius 3 is 2.18 bits per heavy atom. The smallest absolute Gasteiger partial charge is 0.290 e. The monoisotopic (exact) mass is 154 g/mol. The minimum Gasteiger partial charge on any atom is -0.363 e. The Labute approximate surface area is 61.8 Å². The van der Waals surface area contributed by atoms with Gasteiger partial charge in [-0.3, -0.25) is 4.79 Å². The highest BCUT2D eigenvalue weighted by Gasteiger charge is 2.04. The quantitative estimate of drug-likeness (QED) is 0.499. The highest BCUT2D eigenvalue weighted by Crippen LogP contribution is 1.82. The van der Waals surface area contributed by atoms with Crippen molar-refractivity contribution in [1.29, 1.82) is 0 Å². The van der Waals surface area contributed by atoms with Gasteiger partial charge < -0.3 is 11.5 Å². The van der Waals surface area contributed by atoms with E-state index < -0.39 is 5.91 Å². The van der Waals surface area contributed by atoms with E-state index in [9.17, 15) is 4.79 Å². The van der Waals surface area contributed by atoms with Gasteiger partial charge in [0.05, 0.1) is 6.54 Å². The molecule has 0 atom stereocenters. The minimum atomic E-state index is -0.756. The Morgan fingerprint density at radius 2 is 1.82 bits per heavy atom. The molecule has 0 aromatic carbocycles. The zero-order valence-electron chi connectivity index (χ0n) is 5.56.